The highest BCUT2D eigenvalue weighted by Gasteiger charge is 2.49. The highest BCUT2D eigenvalue weighted by atomic mass is 19.4. The van der Waals surface area contributed by atoms with E-state index in [2.05, 4.69) is 10.1 Å². The van der Waals surface area contributed by atoms with E-state index in [9.17, 15) is 37.5 Å². The maximum absolute atomic E-state index is 12.7. The summed E-state index contributed by atoms with van der Waals surface area (Å²) in [6, 6.07) is 10.3. The Kier molecular flexibility index (Phi) is 10.8. The van der Waals surface area contributed by atoms with E-state index in [1.165, 1.54) is 36.4 Å². The average molecular weight is 612 g/mol. The molecule has 0 aliphatic carbocycles. The molecule has 43 heavy (non-hydrogen) atoms. The summed E-state index contributed by atoms with van der Waals surface area (Å²) in [6.07, 6.45) is -6.42. The van der Waals surface area contributed by atoms with E-state index < -0.39 is 48.0 Å². The van der Waals surface area contributed by atoms with E-state index in [-0.39, 0.29) is 47.8 Å². The molecule has 0 bridgehead atoms. The first kappa shape index (κ1) is 33.5. The third-order valence-corrected chi connectivity index (χ3v) is 5.35. The summed E-state index contributed by atoms with van der Waals surface area (Å²) < 4.78 is 37.2. The number of carbonyl (C=O) groups excluding carboxylic acids is 1. The van der Waals surface area contributed by atoms with Crippen LogP contribution in [0.1, 0.15) is 40.7 Å². The topological polar surface area (TPSA) is 261 Å². The number of oxime groups is 1. The highest BCUT2D eigenvalue weighted by molar-refractivity contribution is 6.06. The number of aliphatic imine (C=N–C) groups is 1. The van der Waals surface area contributed by atoms with Crippen molar-refractivity contribution in [2.24, 2.45) is 21.6 Å². The van der Waals surface area contributed by atoms with Crippen molar-refractivity contribution in [3.63, 3.8) is 0 Å². The second kappa shape index (κ2) is 13.8. The van der Waals surface area contributed by atoms with Crippen molar-refractivity contribution in [2.75, 3.05) is 0 Å². The van der Waals surface area contributed by atoms with Crippen LogP contribution in [0.25, 0.3) is 0 Å². The Balaban J connectivity index is 0.000000821. The third kappa shape index (κ3) is 10.0. The monoisotopic (exact) mass is 612 g/mol. The Hall–Kier alpha value is -5.68. The number of nitrogens with two attached hydrogens (primary N) is 2. The fourth-order valence-electron chi connectivity index (χ4n) is 3.43. The number of guanidine groups is 1. The molecule has 1 atom stereocenters. The number of halogens is 3. The molecule has 1 heterocycles. The van der Waals surface area contributed by atoms with Gasteiger partial charge in [-0.25, -0.2) is 19.4 Å². The molecular weight excluding hydrogens is 589 g/mol. The lowest BCUT2D eigenvalue weighted by atomic mass is 9.90. The number of esters is 1. The molecule has 1 aliphatic heterocycles. The summed E-state index contributed by atoms with van der Waals surface area (Å²) >= 11 is 0. The number of aryl methyl sites for hydroxylation is 1. The van der Waals surface area contributed by atoms with Crippen LogP contribution in [0.2, 0.25) is 0 Å². The van der Waals surface area contributed by atoms with Crippen LogP contribution in [0.15, 0.2) is 52.6 Å². The van der Waals surface area contributed by atoms with Gasteiger partial charge in [-0.15, -0.1) is 0 Å². The van der Waals surface area contributed by atoms with Crippen LogP contribution in [-0.2, 0) is 30.4 Å². The molecule has 3 rings (SSSR count). The summed E-state index contributed by atoms with van der Waals surface area (Å²) in [7, 11) is 0. The Morgan fingerprint density at radius 1 is 0.977 bits per heavy atom. The van der Waals surface area contributed by atoms with E-state index in [0.29, 0.717) is 11.3 Å². The van der Waals surface area contributed by atoms with Crippen LogP contribution < -0.4 is 16.2 Å². The van der Waals surface area contributed by atoms with Gasteiger partial charge >= 0.3 is 36.0 Å². The van der Waals surface area contributed by atoms with Crippen molar-refractivity contribution in [2.45, 2.75) is 37.5 Å². The third-order valence-electron chi connectivity index (χ3n) is 5.35. The molecule has 2 aromatic rings. The molecule has 0 saturated heterocycles. The van der Waals surface area contributed by atoms with Crippen LogP contribution in [0.4, 0.5) is 18.9 Å². The molecule has 230 valence electrons. The smallest absolute Gasteiger partial charge is 0.481 e. The zero-order valence-electron chi connectivity index (χ0n) is 21.7. The molecule has 0 amide bonds. The predicted octanol–water partition coefficient (Wildman–Crippen LogP) is 1.88. The number of nitrogens with zero attached hydrogens (tertiary/aromatic N) is 2. The van der Waals surface area contributed by atoms with Gasteiger partial charge in [-0.3, -0.25) is 9.59 Å². The van der Waals surface area contributed by atoms with Gasteiger partial charge in [0.2, 0.25) is 5.60 Å². The number of aliphatic carboxylic acids is 4. The largest absolute Gasteiger partial charge is 0.490 e. The standard InChI is InChI=1S/C23H22N4O9.C2HF3O2/c24-22(25)26-15-4-2-13(3-5-15)20(32)35-16-8-12(1-6-18(28)29)7-14(9-16)17-10-23(21(33)34,36-27-17)11-19(30)31;3-2(4,5)1(6)7/h2-5,7-9H,1,6,10-11H2,(H,28,29)(H,30,31)(H,33,34)(H4,24,25,26);(H,6,7). The first-order valence-corrected chi connectivity index (χ1v) is 11.7. The Labute approximate surface area is 238 Å². The minimum absolute atomic E-state index is 0.0416. The summed E-state index contributed by atoms with van der Waals surface area (Å²) in [5.74, 6) is -7.53. The molecule has 0 fully saturated rings. The van der Waals surface area contributed by atoms with Gasteiger partial charge in [-0.05, 0) is 54.4 Å². The number of hydrogen-bond acceptors (Lipinski definition) is 9. The number of benzene rings is 2. The van der Waals surface area contributed by atoms with Crippen LogP contribution in [0, 0.1) is 0 Å². The van der Waals surface area contributed by atoms with Crippen molar-refractivity contribution in [1.29, 1.82) is 0 Å². The molecule has 0 saturated carbocycles. The van der Waals surface area contributed by atoms with E-state index >= 15 is 0 Å². The Bertz CT molecular complexity index is 1470. The quantitative estimate of drug-likeness (QED) is 0.0970. The molecule has 0 aromatic heterocycles. The molecule has 0 radical (unpaired) electrons. The van der Waals surface area contributed by atoms with E-state index in [0.717, 1.165) is 0 Å². The van der Waals surface area contributed by atoms with Crippen LogP contribution in [-0.4, -0.2) is 73.7 Å². The average Bonchev–Trinajstić information content (AvgIpc) is 3.32. The number of carboxylic acid groups (broad SMARTS) is 4. The second-order valence-electron chi connectivity index (χ2n) is 8.71. The Morgan fingerprint density at radius 3 is 2.07 bits per heavy atom. The van der Waals surface area contributed by atoms with Crippen molar-refractivity contribution in [3.05, 3.63) is 59.2 Å². The van der Waals surface area contributed by atoms with Crippen molar-refractivity contribution in [1.82, 2.24) is 0 Å². The van der Waals surface area contributed by atoms with Crippen LogP contribution >= 0.6 is 0 Å². The lowest BCUT2D eigenvalue weighted by molar-refractivity contribution is -0.192. The SMILES string of the molecule is NC(N)=Nc1ccc(C(=O)Oc2cc(CCC(=O)O)cc(C3=NOC(CC(=O)O)(C(=O)O)C3)c2)cc1.O=C(O)C(F)(F)F. The van der Waals surface area contributed by atoms with Gasteiger partial charge in [0.25, 0.3) is 0 Å². The predicted molar refractivity (Wildman–Crippen MR) is 138 cm³/mol. The molecule has 15 nitrogen and oxygen atoms in total. The molecular formula is C25H23F3N4O11. The summed E-state index contributed by atoms with van der Waals surface area (Å²) in [5.41, 5.74) is 10.0. The number of rotatable bonds is 10. The van der Waals surface area contributed by atoms with Gasteiger partial charge in [-0.1, -0.05) is 5.16 Å². The minimum atomic E-state index is -5.08. The fraction of sp³-hybridized carbons (Fsp3) is 0.240. The van der Waals surface area contributed by atoms with Gasteiger partial charge in [0, 0.05) is 18.4 Å². The van der Waals surface area contributed by atoms with Crippen molar-refractivity contribution < 1.29 is 67.1 Å². The molecule has 1 unspecified atom stereocenters. The molecule has 0 spiro atoms. The van der Waals surface area contributed by atoms with Gasteiger partial charge in [0.1, 0.15) is 5.75 Å². The lowest BCUT2D eigenvalue weighted by Gasteiger charge is -2.19. The maximum Gasteiger partial charge on any atom is 0.490 e. The first-order valence-electron chi connectivity index (χ1n) is 11.7. The zero-order chi connectivity index (χ0) is 32.5. The van der Waals surface area contributed by atoms with Gasteiger partial charge in [-0.2, -0.15) is 13.2 Å². The fourth-order valence-corrected chi connectivity index (χ4v) is 3.43. The highest BCUT2D eigenvalue weighted by Crippen LogP contribution is 2.32. The lowest BCUT2D eigenvalue weighted by Crippen LogP contribution is -2.41. The van der Waals surface area contributed by atoms with Crippen LogP contribution in [0.3, 0.4) is 0 Å². The van der Waals surface area contributed by atoms with Gasteiger partial charge in [0.15, 0.2) is 5.96 Å². The van der Waals surface area contributed by atoms with E-state index in [1.807, 2.05) is 0 Å². The van der Waals surface area contributed by atoms with Gasteiger partial charge < -0.3 is 41.5 Å². The molecule has 8 N–H and O–H groups in total. The number of carboxylic acids is 4. The summed E-state index contributed by atoms with van der Waals surface area (Å²) in [6.45, 7) is 0. The van der Waals surface area contributed by atoms with Crippen molar-refractivity contribution >= 4 is 47.2 Å². The van der Waals surface area contributed by atoms with Crippen molar-refractivity contribution in [3.8, 4) is 5.75 Å². The number of hydrogen-bond donors (Lipinski definition) is 6. The normalized spacial score (nSPS) is 15.6. The second-order valence-corrected chi connectivity index (χ2v) is 8.71. The number of carbonyl (C=O) groups is 5. The summed E-state index contributed by atoms with van der Waals surface area (Å²) in [4.78, 5) is 64.4. The summed E-state index contributed by atoms with van der Waals surface area (Å²) in [5, 5.41) is 38.5. The van der Waals surface area contributed by atoms with Gasteiger partial charge in [0.05, 0.1) is 23.4 Å². The zero-order valence-corrected chi connectivity index (χ0v) is 21.7. The molecule has 1 aliphatic rings. The molecule has 18 heteroatoms. The minimum Gasteiger partial charge on any atom is -0.481 e. The Morgan fingerprint density at radius 2 is 1.58 bits per heavy atom. The van der Waals surface area contributed by atoms with E-state index in [1.54, 1.807) is 6.07 Å². The number of alkyl halides is 3. The van der Waals surface area contributed by atoms with E-state index in [4.69, 9.17) is 41.2 Å². The maximum atomic E-state index is 12.7. The van der Waals surface area contributed by atoms with Crippen LogP contribution in [0.5, 0.6) is 5.75 Å². The first-order chi connectivity index (χ1) is 19.9. The molecule has 2 aromatic carbocycles. The number of ether oxygens (including phenoxy) is 1.